The second-order valence-electron chi connectivity index (χ2n) is 9.42. The fraction of sp³-hybridized carbons (Fsp3) is 0.407. The van der Waals surface area contributed by atoms with Gasteiger partial charge in [-0.15, -0.1) is 0 Å². The third kappa shape index (κ3) is 5.82. The highest BCUT2D eigenvalue weighted by Crippen LogP contribution is 2.38. The number of quaternary nitrogens is 1. The Morgan fingerprint density at radius 3 is 2.27 bits per heavy atom. The van der Waals surface area contributed by atoms with Crippen LogP contribution >= 0.6 is 0 Å². The molecule has 1 saturated heterocycles. The highest BCUT2D eigenvalue weighted by Gasteiger charge is 2.43. The molecule has 33 heavy (non-hydrogen) atoms. The Kier molecular flexibility index (Phi) is 7.92. The molecule has 0 bridgehead atoms. The number of nitrogens with one attached hydrogen (secondary N) is 1. The number of rotatable bonds is 9. The maximum Gasteiger partial charge on any atom is 0.295 e. The van der Waals surface area contributed by atoms with E-state index in [2.05, 4.69) is 13.8 Å². The van der Waals surface area contributed by atoms with Gasteiger partial charge in [0.15, 0.2) is 0 Å². The lowest BCUT2D eigenvalue weighted by Crippen LogP contribution is -3.05. The van der Waals surface area contributed by atoms with Crippen LogP contribution in [0.4, 0.5) is 0 Å². The van der Waals surface area contributed by atoms with Crippen LogP contribution in [0.3, 0.4) is 0 Å². The molecule has 0 saturated carbocycles. The molecule has 6 heteroatoms. The summed E-state index contributed by atoms with van der Waals surface area (Å²) in [6.45, 7) is 7.97. The third-order valence-corrected chi connectivity index (χ3v) is 5.70. The van der Waals surface area contributed by atoms with Gasteiger partial charge < -0.3 is 19.6 Å². The predicted octanol–water partition coefficient (Wildman–Crippen LogP) is 1.79. The van der Waals surface area contributed by atoms with E-state index >= 15 is 0 Å². The molecule has 3 rings (SSSR count). The number of nitrogens with zero attached hydrogens (tertiary/aromatic N) is 1. The normalized spacial score (nSPS) is 17.9. The molecule has 1 fully saturated rings. The minimum Gasteiger partial charge on any atom is -0.872 e. The third-order valence-electron chi connectivity index (χ3n) is 5.70. The summed E-state index contributed by atoms with van der Waals surface area (Å²) in [5.74, 6) is -0.658. The molecule has 1 aliphatic heterocycles. The number of carbonyl (C=O) groups is 2. The average molecular weight is 451 g/mol. The Bertz CT molecular complexity index is 1010. The predicted molar refractivity (Wildman–Crippen MR) is 127 cm³/mol. The van der Waals surface area contributed by atoms with E-state index in [0.29, 0.717) is 30.4 Å². The van der Waals surface area contributed by atoms with Crippen LogP contribution in [0, 0.1) is 12.8 Å². The summed E-state index contributed by atoms with van der Waals surface area (Å²) in [5, 5.41) is 13.5. The van der Waals surface area contributed by atoms with Crippen molar-refractivity contribution in [2.24, 2.45) is 5.92 Å². The summed E-state index contributed by atoms with van der Waals surface area (Å²) in [4.78, 5) is 28.8. The lowest BCUT2D eigenvalue weighted by Gasteiger charge is -2.27. The largest absolute Gasteiger partial charge is 0.872 e. The first-order chi connectivity index (χ1) is 15.7. The molecule has 6 nitrogen and oxygen atoms in total. The Labute approximate surface area is 196 Å². The number of hydrogen-bond donors (Lipinski definition) is 1. The number of aryl methyl sites for hydroxylation is 1. The van der Waals surface area contributed by atoms with Crippen molar-refractivity contribution >= 4 is 17.4 Å². The van der Waals surface area contributed by atoms with Crippen molar-refractivity contribution < 1.29 is 24.3 Å². The number of ether oxygens (including phenoxy) is 1. The molecule has 0 aliphatic carbocycles. The second-order valence-corrected chi connectivity index (χ2v) is 9.42. The molecule has 1 heterocycles. The monoisotopic (exact) mass is 450 g/mol. The highest BCUT2D eigenvalue weighted by molar-refractivity contribution is 6.46. The molecule has 1 unspecified atom stereocenters. The van der Waals surface area contributed by atoms with Crippen LogP contribution in [0.1, 0.15) is 43.0 Å². The van der Waals surface area contributed by atoms with E-state index in [9.17, 15) is 14.7 Å². The molecule has 2 aromatic rings. The first-order valence-electron chi connectivity index (χ1n) is 11.5. The van der Waals surface area contributed by atoms with Gasteiger partial charge in [0.05, 0.1) is 33.3 Å². The molecule has 1 aliphatic rings. The summed E-state index contributed by atoms with van der Waals surface area (Å²) < 4.78 is 5.70. The average Bonchev–Trinajstić information content (AvgIpc) is 3.03. The summed E-state index contributed by atoms with van der Waals surface area (Å²) in [6, 6.07) is 13.8. The first kappa shape index (κ1) is 24.5. The number of ketones is 1. The van der Waals surface area contributed by atoms with E-state index in [0.717, 1.165) is 24.1 Å². The lowest BCUT2D eigenvalue weighted by molar-refractivity contribution is -0.858. The summed E-state index contributed by atoms with van der Waals surface area (Å²) in [6.07, 6.45) is 0.743. The maximum absolute atomic E-state index is 13.5. The Hall–Kier alpha value is -3.12. The molecule has 1 N–H and O–H groups in total. The van der Waals surface area contributed by atoms with Gasteiger partial charge in [-0.05, 0) is 36.1 Å². The van der Waals surface area contributed by atoms with Crippen molar-refractivity contribution in [3.8, 4) is 5.75 Å². The van der Waals surface area contributed by atoms with E-state index in [4.69, 9.17) is 4.74 Å². The Morgan fingerprint density at radius 1 is 1.06 bits per heavy atom. The molecule has 2 aromatic carbocycles. The number of likely N-dealkylation sites (tertiary alicyclic amines) is 1. The van der Waals surface area contributed by atoms with Crippen LogP contribution < -0.4 is 14.7 Å². The zero-order valence-corrected chi connectivity index (χ0v) is 20.2. The van der Waals surface area contributed by atoms with E-state index in [1.165, 1.54) is 4.90 Å². The number of Topliss-reactive ketones (excluding diaryl/α,β-unsaturated/α-hetero) is 1. The van der Waals surface area contributed by atoms with Gasteiger partial charge >= 0.3 is 0 Å². The van der Waals surface area contributed by atoms with Gasteiger partial charge in [0, 0.05) is 18.5 Å². The first-order valence-corrected chi connectivity index (χ1v) is 11.5. The zero-order valence-electron chi connectivity index (χ0n) is 20.2. The molecule has 1 amide bonds. The number of amides is 1. The van der Waals surface area contributed by atoms with Gasteiger partial charge in [0.1, 0.15) is 5.75 Å². The van der Waals surface area contributed by atoms with Gasteiger partial charge in [-0.25, -0.2) is 0 Å². The summed E-state index contributed by atoms with van der Waals surface area (Å²) >= 11 is 0. The Balaban J connectivity index is 1.99. The molecular weight excluding hydrogens is 416 g/mol. The van der Waals surface area contributed by atoms with Crippen LogP contribution in [0.5, 0.6) is 5.75 Å². The SMILES string of the molecule is Cc1ccc(C2/C(=C(\[O-])c3ccc(OCC(C)C)cc3)C(=O)C(=O)N2CCC[NH+](C)C)cc1. The van der Waals surface area contributed by atoms with Crippen molar-refractivity contribution in [2.45, 2.75) is 33.2 Å². The minimum atomic E-state index is -0.706. The van der Waals surface area contributed by atoms with Crippen molar-refractivity contribution in [3.63, 3.8) is 0 Å². The zero-order chi connectivity index (χ0) is 24.1. The van der Waals surface area contributed by atoms with Gasteiger partial charge in [0.2, 0.25) is 5.78 Å². The molecule has 1 atom stereocenters. The quantitative estimate of drug-likeness (QED) is 0.359. The van der Waals surface area contributed by atoms with E-state index in [1.54, 1.807) is 29.2 Å². The number of carbonyl (C=O) groups excluding carboxylic acids is 2. The summed E-state index contributed by atoms with van der Waals surface area (Å²) in [5.41, 5.74) is 2.25. The van der Waals surface area contributed by atoms with Crippen molar-refractivity contribution in [1.82, 2.24) is 4.90 Å². The number of benzene rings is 2. The molecule has 176 valence electrons. The fourth-order valence-electron chi connectivity index (χ4n) is 3.92. The standard InChI is InChI=1S/C27H34N2O4/c1-18(2)17-33-22-13-11-21(12-14-22)25(30)23-24(20-9-7-19(3)8-10-20)29(27(32)26(23)31)16-6-15-28(4)5/h7-14,18,24,30H,6,15-17H2,1-5H3/b25-23+. The van der Waals surface area contributed by atoms with Crippen LogP contribution in [0.15, 0.2) is 54.1 Å². The summed E-state index contributed by atoms with van der Waals surface area (Å²) in [7, 11) is 4.09. The minimum absolute atomic E-state index is 0.0249. The molecule has 0 aromatic heterocycles. The second kappa shape index (κ2) is 10.7. The van der Waals surface area contributed by atoms with E-state index < -0.39 is 23.5 Å². The van der Waals surface area contributed by atoms with E-state index in [-0.39, 0.29) is 5.57 Å². The molecular formula is C27H34N2O4. The van der Waals surface area contributed by atoms with Crippen molar-refractivity contribution in [2.75, 3.05) is 33.8 Å². The van der Waals surface area contributed by atoms with Crippen LogP contribution in [0.25, 0.3) is 5.76 Å². The van der Waals surface area contributed by atoms with Gasteiger partial charge in [0.25, 0.3) is 5.91 Å². The van der Waals surface area contributed by atoms with Crippen molar-refractivity contribution in [3.05, 3.63) is 70.8 Å². The van der Waals surface area contributed by atoms with E-state index in [1.807, 2.05) is 45.3 Å². The van der Waals surface area contributed by atoms with Crippen LogP contribution in [-0.2, 0) is 9.59 Å². The van der Waals surface area contributed by atoms with Crippen LogP contribution in [-0.4, -0.2) is 50.4 Å². The molecule has 0 spiro atoms. The van der Waals surface area contributed by atoms with Gasteiger partial charge in [-0.2, -0.15) is 0 Å². The highest BCUT2D eigenvalue weighted by atomic mass is 16.5. The number of hydrogen-bond acceptors (Lipinski definition) is 4. The maximum atomic E-state index is 13.5. The fourth-order valence-corrected chi connectivity index (χ4v) is 3.92. The van der Waals surface area contributed by atoms with Crippen molar-refractivity contribution in [1.29, 1.82) is 0 Å². The lowest BCUT2D eigenvalue weighted by atomic mass is 9.94. The topological polar surface area (TPSA) is 74.1 Å². The van der Waals surface area contributed by atoms with Crippen LogP contribution in [0.2, 0.25) is 0 Å². The van der Waals surface area contributed by atoms with Gasteiger partial charge in [-0.3, -0.25) is 9.59 Å². The molecule has 0 radical (unpaired) electrons. The smallest absolute Gasteiger partial charge is 0.295 e. The Morgan fingerprint density at radius 2 is 1.70 bits per heavy atom. The van der Waals surface area contributed by atoms with Gasteiger partial charge in [-0.1, -0.05) is 61.6 Å².